The maximum atomic E-state index is 13.3. The number of halogens is 1. The fraction of sp³-hybridized carbons (Fsp3) is 0.214. The van der Waals surface area contributed by atoms with E-state index in [2.05, 4.69) is 12.2 Å². The lowest BCUT2D eigenvalue weighted by Crippen LogP contribution is -2.22. The fourth-order valence-electron chi connectivity index (χ4n) is 3.68. The minimum absolute atomic E-state index is 0.00881. The van der Waals surface area contributed by atoms with Crippen LogP contribution in [-0.2, 0) is 11.2 Å². The number of carbonyl (C=O) groups is 1. The number of hydrogen-bond acceptors (Lipinski definition) is 4. The van der Waals surface area contributed by atoms with Gasteiger partial charge >= 0.3 is 0 Å². The van der Waals surface area contributed by atoms with Gasteiger partial charge in [0.25, 0.3) is 5.91 Å². The van der Waals surface area contributed by atoms with E-state index in [0.717, 1.165) is 24.8 Å². The van der Waals surface area contributed by atoms with Gasteiger partial charge in [-0.1, -0.05) is 48.7 Å². The Bertz CT molecular complexity index is 1360. The molecule has 0 saturated heterocycles. The Kier molecular flexibility index (Phi) is 7.33. The van der Waals surface area contributed by atoms with Crippen molar-refractivity contribution in [3.8, 4) is 17.1 Å². The summed E-state index contributed by atoms with van der Waals surface area (Å²) < 4.78 is 11.8. The maximum Gasteiger partial charge on any atom is 0.262 e. The standard InChI is InChI=1S/C28H26ClNO4/c1-3-4-5-19-7-13-22(14-8-19)30-25(31)17-33-28-26(32)23-16-18(2)6-15-24(23)34-27(28)20-9-11-21(29)12-10-20/h6-16H,3-5,17H2,1-2H3,(H,30,31). The Hall–Kier alpha value is -3.57. The van der Waals surface area contributed by atoms with Crippen molar-refractivity contribution < 1.29 is 13.9 Å². The molecular formula is C28H26ClNO4. The van der Waals surface area contributed by atoms with E-state index >= 15 is 0 Å². The third-order valence-electron chi connectivity index (χ3n) is 5.51. The van der Waals surface area contributed by atoms with Gasteiger partial charge in [-0.2, -0.15) is 0 Å². The number of rotatable bonds is 8. The van der Waals surface area contributed by atoms with Crippen LogP contribution in [0.25, 0.3) is 22.3 Å². The number of ether oxygens (including phenoxy) is 1. The van der Waals surface area contributed by atoms with Gasteiger partial charge < -0.3 is 14.5 Å². The zero-order valence-electron chi connectivity index (χ0n) is 19.2. The summed E-state index contributed by atoms with van der Waals surface area (Å²) >= 11 is 6.02. The summed E-state index contributed by atoms with van der Waals surface area (Å²) in [5, 5.41) is 3.77. The Morgan fingerprint density at radius 2 is 1.76 bits per heavy atom. The van der Waals surface area contributed by atoms with Crippen LogP contribution in [0, 0.1) is 6.92 Å². The molecule has 0 saturated carbocycles. The minimum atomic E-state index is -0.368. The monoisotopic (exact) mass is 475 g/mol. The molecule has 0 aliphatic rings. The maximum absolute atomic E-state index is 13.3. The van der Waals surface area contributed by atoms with Gasteiger partial charge in [-0.3, -0.25) is 9.59 Å². The van der Waals surface area contributed by atoms with Gasteiger partial charge in [0.15, 0.2) is 12.4 Å². The molecular weight excluding hydrogens is 450 g/mol. The Morgan fingerprint density at radius 3 is 2.47 bits per heavy atom. The summed E-state index contributed by atoms with van der Waals surface area (Å²) in [6.45, 7) is 3.72. The topological polar surface area (TPSA) is 68.5 Å². The second-order valence-electron chi connectivity index (χ2n) is 8.23. The van der Waals surface area contributed by atoms with Crippen LogP contribution in [0.5, 0.6) is 5.75 Å². The number of fused-ring (bicyclic) bond motifs is 1. The molecule has 0 unspecified atom stereocenters. The third kappa shape index (κ3) is 5.49. The molecule has 0 spiro atoms. The summed E-state index contributed by atoms with van der Waals surface area (Å²) in [6.07, 6.45) is 3.28. The number of amides is 1. The van der Waals surface area contributed by atoms with Crippen LogP contribution in [0.1, 0.15) is 30.9 Å². The number of anilines is 1. The molecule has 0 aliphatic heterocycles. The molecule has 3 aromatic carbocycles. The van der Waals surface area contributed by atoms with Crippen molar-refractivity contribution in [3.63, 3.8) is 0 Å². The average Bonchev–Trinajstić information content (AvgIpc) is 2.84. The van der Waals surface area contributed by atoms with Gasteiger partial charge in [0.1, 0.15) is 5.58 Å². The van der Waals surface area contributed by atoms with Gasteiger partial charge in [-0.25, -0.2) is 0 Å². The van der Waals surface area contributed by atoms with Crippen molar-refractivity contribution in [1.29, 1.82) is 0 Å². The van der Waals surface area contributed by atoms with Crippen molar-refractivity contribution in [2.75, 3.05) is 11.9 Å². The highest BCUT2D eigenvalue weighted by Gasteiger charge is 2.19. The van der Waals surface area contributed by atoms with Gasteiger partial charge in [0, 0.05) is 16.3 Å². The van der Waals surface area contributed by atoms with Crippen molar-refractivity contribution in [1.82, 2.24) is 0 Å². The normalized spacial score (nSPS) is 10.9. The molecule has 0 bridgehead atoms. The van der Waals surface area contributed by atoms with Gasteiger partial charge in [0.05, 0.1) is 5.39 Å². The molecule has 5 nitrogen and oxygen atoms in total. The smallest absolute Gasteiger partial charge is 0.262 e. The Labute approximate surface area is 203 Å². The lowest BCUT2D eigenvalue weighted by Gasteiger charge is -2.12. The molecule has 174 valence electrons. The third-order valence-corrected chi connectivity index (χ3v) is 5.77. The molecule has 0 fully saturated rings. The molecule has 1 aromatic heterocycles. The highest BCUT2D eigenvalue weighted by Crippen LogP contribution is 2.32. The fourth-order valence-corrected chi connectivity index (χ4v) is 3.81. The first-order valence-corrected chi connectivity index (χ1v) is 11.7. The number of aryl methyl sites for hydroxylation is 2. The van der Waals surface area contributed by atoms with Crippen LogP contribution in [0.3, 0.4) is 0 Å². The molecule has 0 radical (unpaired) electrons. The Morgan fingerprint density at radius 1 is 1.03 bits per heavy atom. The van der Waals surface area contributed by atoms with Gasteiger partial charge in [0.2, 0.25) is 11.2 Å². The first-order valence-electron chi connectivity index (χ1n) is 11.3. The molecule has 1 heterocycles. The number of unbranched alkanes of at least 4 members (excludes halogenated alkanes) is 1. The minimum Gasteiger partial charge on any atom is -0.476 e. The summed E-state index contributed by atoms with van der Waals surface area (Å²) in [5.41, 5.74) is 3.57. The first kappa shape index (κ1) is 23.6. The lowest BCUT2D eigenvalue weighted by molar-refractivity contribution is -0.118. The van der Waals surface area contributed by atoms with E-state index in [1.165, 1.54) is 5.56 Å². The predicted octanol–water partition coefficient (Wildman–Crippen LogP) is 6.78. The number of carbonyl (C=O) groups excluding carboxylic acids is 1. The van der Waals surface area contributed by atoms with E-state index in [1.54, 1.807) is 36.4 Å². The van der Waals surface area contributed by atoms with E-state index in [9.17, 15) is 9.59 Å². The lowest BCUT2D eigenvalue weighted by atomic mass is 10.1. The van der Waals surface area contributed by atoms with Crippen LogP contribution >= 0.6 is 11.6 Å². The van der Waals surface area contributed by atoms with Crippen LogP contribution in [0.2, 0.25) is 5.02 Å². The molecule has 4 aromatic rings. The molecule has 0 atom stereocenters. The molecule has 34 heavy (non-hydrogen) atoms. The number of benzene rings is 3. The quantitative estimate of drug-likeness (QED) is 0.305. The summed E-state index contributed by atoms with van der Waals surface area (Å²) in [4.78, 5) is 25.9. The van der Waals surface area contributed by atoms with Crippen molar-refractivity contribution in [2.24, 2.45) is 0 Å². The predicted molar refractivity (Wildman–Crippen MR) is 137 cm³/mol. The van der Waals surface area contributed by atoms with Crippen molar-refractivity contribution in [3.05, 3.63) is 93.1 Å². The van der Waals surface area contributed by atoms with E-state index in [-0.39, 0.29) is 29.5 Å². The number of nitrogens with one attached hydrogen (secondary N) is 1. The zero-order chi connectivity index (χ0) is 24.1. The van der Waals surface area contributed by atoms with E-state index in [4.69, 9.17) is 20.8 Å². The Balaban J connectivity index is 1.58. The highest BCUT2D eigenvalue weighted by atomic mass is 35.5. The summed E-state index contributed by atoms with van der Waals surface area (Å²) in [5.74, 6) is -0.122. The molecule has 1 amide bonds. The first-order chi connectivity index (χ1) is 16.4. The SMILES string of the molecule is CCCCc1ccc(NC(=O)COc2c(-c3ccc(Cl)cc3)oc3ccc(C)cc3c2=O)cc1. The van der Waals surface area contributed by atoms with Crippen molar-refractivity contribution in [2.45, 2.75) is 33.1 Å². The second-order valence-corrected chi connectivity index (χ2v) is 8.67. The van der Waals surface area contributed by atoms with Crippen molar-refractivity contribution >= 4 is 34.2 Å². The summed E-state index contributed by atoms with van der Waals surface area (Å²) in [7, 11) is 0. The summed E-state index contributed by atoms with van der Waals surface area (Å²) in [6, 6.07) is 20.0. The molecule has 4 rings (SSSR count). The second kappa shape index (κ2) is 10.6. The molecule has 0 aliphatic carbocycles. The van der Waals surface area contributed by atoms with Gasteiger partial charge in [-0.05, 0) is 73.9 Å². The van der Waals surface area contributed by atoms with E-state index in [1.807, 2.05) is 37.3 Å². The largest absolute Gasteiger partial charge is 0.476 e. The number of hydrogen-bond donors (Lipinski definition) is 1. The molecule has 1 N–H and O–H groups in total. The van der Waals surface area contributed by atoms with Crippen LogP contribution in [0.4, 0.5) is 5.69 Å². The van der Waals surface area contributed by atoms with E-state index in [0.29, 0.717) is 27.2 Å². The average molecular weight is 476 g/mol. The van der Waals surface area contributed by atoms with Crippen LogP contribution in [-0.4, -0.2) is 12.5 Å². The highest BCUT2D eigenvalue weighted by molar-refractivity contribution is 6.30. The zero-order valence-corrected chi connectivity index (χ0v) is 19.9. The van der Waals surface area contributed by atoms with E-state index < -0.39 is 0 Å². The van der Waals surface area contributed by atoms with Crippen LogP contribution < -0.4 is 15.5 Å². The van der Waals surface area contributed by atoms with Gasteiger partial charge in [-0.15, -0.1) is 0 Å². The molecule has 6 heteroatoms. The van der Waals surface area contributed by atoms with Crippen LogP contribution in [0.15, 0.2) is 75.9 Å².